The van der Waals surface area contributed by atoms with E-state index in [1.54, 1.807) is 0 Å². The van der Waals surface area contributed by atoms with E-state index in [9.17, 15) is 4.79 Å². The van der Waals surface area contributed by atoms with Gasteiger partial charge in [0.15, 0.2) is 0 Å². The smallest absolute Gasteiger partial charge is 0.324 e. The van der Waals surface area contributed by atoms with Gasteiger partial charge in [-0.05, 0) is 24.7 Å². The molecule has 1 atom stereocenters. The van der Waals surface area contributed by atoms with Crippen LogP contribution in [0.4, 0.5) is 0 Å². The average molecular weight is 185 g/mol. The second-order valence-corrected chi connectivity index (χ2v) is 4.37. The van der Waals surface area contributed by atoms with E-state index in [-0.39, 0.29) is 11.8 Å². The maximum absolute atomic E-state index is 11.1. The Kier molecular flexibility index (Phi) is 2.96. The van der Waals surface area contributed by atoms with Crippen molar-refractivity contribution in [3.63, 3.8) is 0 Å². The van der Waals surface area contributed by atoms with E-state index in [0.717, 1.165) is 25.7 Å². The highest BCUT2D eigenvalue weighted by Crippen LogP contribution is 2.36. The topological polar surface area (TPSA) is 63.3 Å². The minimum atomic E-state index is -1.00. The molecule has 0 amide bonds. The van der Waals surface area contributed by atoms with Gasteiger partial charge in [0.1, 0.15) is 5.54 Å². The first-order valence-corrected chi connectivity index (χ1v) is 5.01. The number of carbonyl (C=O) groups is 1. The molecule has 1 aliphatic carbocycles. The Labute approximate surface area is 79.3 Å². The van der Waals surface area contributed by atoms with Crippen molar-refractivity contribution < 1.29 is 9.90 Å². The van der Waals surface area contributed by atoms with E-state index in [4.69, 9.17) is 10.8 Å². The van der Waals surface area contributed by atoms with Crippen LogP contribution in [0, 0.1) is 11.8 Å². The lowest BCUT2D eigenvalue weighted by Crippen LogP contribution is -2.57. The van der Waals surface area contributed by atoms with Crippen LogP contribution in [0.15, 0.2) is 0 Å². The van der Waals surface area contributed by atoms with E-state index in [2.05, 4.69) is 0 Å². The van der Waals surface area contributed by atoms with Crippen LogP contribution in [0.1, 0.15) is 39.5 Å². The van der Waals surface area contributed by atoms with Crippen LogP contribution >= 0.6 is 0 Å². The minimum Gasteiger partial charge on any atom is -0.480 e. The fourth-order valence-corrected chi connectivity index (χ4v) is 2.30. The van der Waals surface area contributed by atoms with Gasteiger partial charge in [-0.15, -0.1) is 0 Å². The molecule has 3 N–H and O–H groups in total. The molecule has 0 spiro atoms. The van der Waals surface area contributed by atoms with Crippen molar-refractivity contribution in [3.05, 3.63) is 0 Å². The number of carboxylic acid groups (broad SMARTS) is 1. The number of rotatable bonds is 3. The average Bonchev–Trinajstić information content (AvgIpc) is 2.54. The van der Waals surface area contributed by atoms with Crippen LogP contribution < -0.4 is 5.73 Å². The van der Waals surface area contributed by atoms with E-state index < -0.39 is 11.5 Å². The first kappa shape index (κ1) is 10.5. The number of hydrogen-bond donors (Lipinski definition) is 2. The fraction of sp³-hybridized carbons (Fsp3) is 0.900. The molecule has 76 valence electrons. The van der Waals surface area contributed by atoms with E-state index in [0.29, 0.717) is 0 Å². The monoisotopic (exact) mass is 185 g/mol. The van der Waals surface area contributed by atoms with Gasteiger partial charge < -0.3 is 10.8 Å². The summed E-state index contributed by atoms with van der Waals surface area (Å²) in [7, 11) is 0. The zero-order chi connectivity index (χ0) is 10.1. The molecule has 0 heterocycles. The summed E-state index contributed by atoms with van der Waals surface area (Å²) >= 11 is 0. The van der Waals surface area contributed by atoms with Crippen molar-refractivity contribution in [2.75, 3.05) is 0 Å². The molecular formula is C10H19NO2. The number of nitrogens with two attached hydrogens (primary N) is 1. The molecule has 0 aromatic rings. The van der Waals surface area contributed by atoms with Gasteiger partial charge in [-0.3, -0.25) is 4.79 Å². The van der Waals surface area contributed by atoms with Crippen molar-refractivity contribution in [3.8, 4) is 0 Å². The largest absolute Gasteiger partial charge is 0.480 e. The highest BCUT2D eigenvalue weighted by molar-refractivity contribution is 5.79. The number of aliphatic carboxylic acids is 1. The fourth-order valence-electron chi connectivity index (χ4n) is 2.30. The second kappa shape index (κ2) is 3.66. The lowest BCUT2D eigenvalue weighted by atomic mass is 9.75. The summed E-state index contributed by atoms with van der Waals surface area (Å²) in [6.07, 6.45) is 4.20. The molecule has 1 fully saturated rings. The van der Waals surface area contributed by atoms with Crippen LogP contribution in [0.2, 0.25) is 0 Å². The minimum absolute atomic E-state index is 0.00750. The van der Waals surface area contributed by atoms with Crippen LogP contribution in [0.3, 0.4) is 0 Å². The summed E-state index contributed by atoms with van der Waals surface area (Å²) in [5.74, 6) is -0.660. The van der Waals surface area contributed by atoms with E-state index in [1.807, 2.05) is 13.8 Å². The summed E-state index contributed by atoms with van der Waals surface area (Å²) in [5, 5.41) is 9.14. The van der Waals surface area contributed by atoms with Crippen molar-refractivity contribution in [1.82, 2.24) is 0 Å². The summed E-state index contributed by atoms with van der Waals surface area (Å²) in [6.45, 7) is 3.79. The van der Waals surface area contributed by atoms with E-state index >= 15 is 0 Å². The molecule has 0 aromatic heterocycles. The molecule has 13 heavy (non-hydrogen) atoms. The van der Waals surface area contributed by atoms with Gasteiger partial charge in [-0.2, -0.15) is 0 Å². The lowest BCUT2D eigenvalue weighted by molar-refractivity contribution is -0.147. The predicted octanol–water partition coefficient (Wildman–Crippen LogP) is 1.61. The van der Waals surface area contributed by atoms with Gasteiger partial charge in [-0.25, -0.2) is 0 Å². The van der Waals surface area contributed by atoms with Gasteiger partial charge in [0, 0.05) is 0 Å². The lowest BCUT2D eigenvalue weighted by Gasteiger charge is -2.34. The zero-order valence-corrected chi connectivity index (χ0v) is 8.42. The second-order valence-electron chi connectivity index (χ2n) is 4.37. The van der Waals surface area contributed by atoms with Crippen LogP contribution in [-0.2, 0) is 4.79 Å². The van der Waals surface area contributed by atoms with Crippen molar-refractivity contribution >= 4 is 5.97 Å². The molecule has 3 heteroatoms. The van der Waals surface area contributed by atoms with Crippen LogP contribution in [0.25, 0.3) is 0 Å². The molecule has 1 rings (SSSR count). The third-order valence-electron chi connectivity index (χ3n) is 3.36. The Balaban J connectivity index is 2.82. The first-order chi connectivity index (χ1) is 5.99. The highest BCUT2D eigenvalue weighted by atomic mass is 16.4. The Bertz CT molecular complexity index is 197. The standard InChI is InChI=1S/C10H19NO2/c1-7(2)10(11,9(12)13)8-5-3-4-6-8/h7-8H,3-6,11H2,1-2H3,(H,12,13)/t10-/m1/s1. The summed E-state index contributed by atoms with van der Waals surface area (Å²) in [6, 6.07) is 0. The molecule has 0 unspecified atom stereocenters. The SMILES string of the molecule is CC(C)[C@](N)(C(=O)O)C1CCCC1. The van der Waals surface area contributed by atoms with Crippen molar-refractivity contribution in [2.24, 2.45) is 17.6 Å². The molecule has 0 aromatic carbocycles. The summed E-state index contributed by atoms with van der Waals surface area (Å²) in [4.78, 5) is 11.1. The molecule has 0 aliphatic heterocycles. The van der Waals surface area contributed by atoms with E-state index in [1.165, 1.54) is 0 Å². The summed E-state index contributed by atoms with van der Waals surface area (Å²) < 4.78 is 0. The molecular weight excluding hydrogens is 166 g/mol. The van der Waals surface area contributed by atoms with Gasteiger partial charge in [0.2, 0.25) is 0 Å². The third-order valence-corrected chi connectivity index (χ3v) is 3.36. The molecule has 0 bridgehead atoms. The van der Waals surface area contributed by atoms with Gasteiger partial charge >= 0.3 is 5.97 Å². The van der Waals surface area contributed by atoms with Crippen molar-refractivity contribution in [2.45, 2.75) is 45.1 Å². The molecule has 1 aliphatic rings. The Morgan fingerprint density at radius 1 is 1.46 bits per heavy atom. The normalized spacial score (nSPS) is 23.4. The molecule has 0 saturated heterocycles. The quantitative estimate of drug-likeness (QED) is 0.702. The number of hydrogen-bond acceptors (Lipinski definition) is 2. The van der Waals surface area contributed by atoms with Crippen LogP contribution in [0.5, 0.6) is 0 Å². The highest BCUT2D eigenvalue weighted by Gasteiger charge is 2.45. The maximum Gasteiger partial charge on any atom is 0.324 e. The Morgan fingerprint density at radius 3 is 2.23 bits per heavy atom. The molecule has 0 radical (unpaired) electrons. The van der Waals surface area contributed by atoms with Gasteiger partial charge in [0.25, 0.3) is 0 Å². The predicted molar refractivity (Wildman–Crippen MR) is 51.4 cm³/mol. The maximum atomic E-state index is 11.1. The number of carboxylic acids is 1. The Hall–Kier alpha value is -0.570. The van der Waals surface area contributed by atoms with Gasteiger partial charge in [0.05, 0.1) is 0 Å². The molecule has 1 saturated carbocycles. The van der Waals surface area contributed by atoms with Gasteiger partial charge in [-0.1, -0.05) is 26.7 Å². The first-order valence-electron chi connectivity index (χ1n) is 5.01. The van der Waals surface area contributed by atoms with Crippen LogP contribution in [-0.4, -0.2) is 16.6 Å². The zero-order valence-electron chi connectivity index (χ0n) is 8.42. The third kappa shape index (κ3) is 1.70. The molecule has 3 nitrogen and oxygen atoms in total. The Morgan fingerprint density at radius 2 is 1.92 bits per heavy atom. The van der Waals surface area contributed by atoms with Crippen molar-refractivity contribution in [1.29, 1.82) is 0 Å². The summed E-state index contributed by atoms with van der Waals surface area (Å²) in [5.41, 5.74) is 4.99.